The van der Waals surface area contributed by atoms with Gasteiger partial charge in [-0.05, 0) is 17.7 Å². The third-order valence-electron chi connectivity index (χ3n) is 2.90. The van der Waals surface area contributed by atoms with E-state index in [0.29, 0.717) is 5.56 Å². The minimum Gasteiger partial charge on any atom is -0.444 e. The van der Waals surface area contributed by atoms with Gasteiger partial charge >= 0.3 is 16.3 Å². The number of nitro benzene ring substituents is 1. The number of carbonyl (C=O) groups excluding carboxylic acids is 1. The van der Waals surface area contributed by atoms with Crippen LogP contribution >= 0.6 is 12.6 Å². The van der Waals surface area contributed by atoms with Gasteiger partial charge < -0.3 is 4.74 Å². The maximum atomic E-state index is 11.7. The Morgan fingerprint density at radius 3 is 2.50 bits per heavy atom. The lowest BCUT2D eigenvalue weighted by molar-refractivity contribution is -0.384. The molecule has 1 aromatic rings. The zero-order valence-electron chi connectivity index (χ0n) is 11.2. The molecule has 0 aliphatic carbocycles. The lowest BCUT2D eigenvalue weighted by Gasteiger charge is -2.34. The fourth-order valence-corrected chi connectivity index (χ4v) is 3.44. The molecule has 1 aliphatic rings. The molecule has 1 aliphatic heterocycles. The van der Waals surface area contributed by atoms with E-state index in [1.54, 1.807) is 4.72 Å². The van der Waals surface area contributed by atoms with Gasteiger partial charge in [-0.25, -0.2) is 9.52 Å². The van der Waals surface area contributed by atoms with Crippen molar-refractivity contribution in [2.24, 2.45) is 0 Å². The molecule has 9 nitrogen and oxygen atoms in total. The van der Waals surface area contributed by atoms with Gasteiger partial charge in [-0.1, -0.05) is 0 Å². The number of benzene rings is 1. The fourth-order valence-electron chi connectivity index (χ4n) is 1.67. The van der Waals surface area contributed by atoms with E-state index < -0.39 is 21.2 Å². The van der Waals surface area contributed by atoms with Crippen molar-refractivity contribution in [2.45, 2.75) is 11.9 Å². The smallest absolute Gasteiger partial charge is 0.422 e. The summed E-state index contributed by atoms with van der Waals surface area (Å²) in [5.74, 6) is 0. The Kier molecular flexibility index (Phi) is 4.88. The van der Waals surface area contributed by atoms with Crippen LogP contribution in [0.25, 0.3) is 0 Å². The zero-order valence-corrected chi connectivity index (χ0v) is 12.9. The molecule has 0 aromatic heterocycles. The number of rotatable bonds is 5. The predicted octanol–water partition coefficient (Wildman–Crippen LogP) is 0.680. The molecule has 0 radical (unpaired) electrons. The molecule has 0 spiro atoms. The van der Waals surface area contributed by atoms with E-state index in [2.05, 4.69) is 12.6 Å². The standard InChI is InChI=1S/C11H13N3O6S2/c15-11(12-22(18,19)13-5-10(21)6-13)20-7-8-1-3-9(4-2-8)14(16)17/h1-4,10,21H,5-7H2,(H,12,15). The van der Waals surface area contributed by atoms with Gasteiger partial charge in [-0.3, -0.25) is 10.1 Å². The highest BCUT2D eigenvalue weighted by molar-refractivity contribution is 7.88. The first kappa shape index (κ1) is 16.5. The van der Waals surface area contributed by atoms with Crippen molar-refractivity contribution < 1.29 is 22.9 Å². The minimum atomic E-state index is -3.91. The van der Waals surface area contributed by atoms with Crippen LogP contribution in [0.5, 0.6) is 0 Å². The Balaban J connectivity index is 1.83. The highest BCUT2D eigenvalue weighted by atomic mass is 32.2. The van der Waals surface area contributed by atoms with Crippen LogP contribution in [0.15, 0.2) is 24.3 Å². The van der Waals surface area contributed by atoms with Crippen LogP contribution in [-0.4, -0.2) is 42.1 Å². The molecule has 1 amide bonds. The van der Waals surface area contributed by atoms with Crippen molar-refractivity contribution in [1.29, 1.82) is 0 Å². The van der Waals surface area contributed by atoms with Crippen LogP contribution in [0, 0.1) is 10.1 Å². The number of non-ortho nitro benzene ring substituents is 1. The lowest BCUT2D eigenvalue weighted by Crippen LogP contribution is -2.55. The summed E-state index contributed by atoms with van der Waals surface area (Å²) in [6.07, 6.45) is -1.11. The largest absolute Gasteiger partial charge is 0.444 e. The molecule has 0 unspecified atom stereocenters. The van der Waals surface area contributed by atoms with Crippen molar-refractivity contribution >= 4 is 34.6 Å². The molecule has 1 heterocycles. The van der Waals surface area contributed by atoms with Crippen molar-refractivity contribution in [3.8, 4) is 0 Å². The average molecular weight is 347 g/mol. The topological polar surface area (TPSA) is 119 Å². The van der Waals surface area contributed by atoms with Crippen LogP contribution in [0.4, 0.5) is 10.5 Å². The van der Waals surface area contributed by atoms with Gasteiger partial charge in [0.25, 0.3) is 5.69 Å². The molecular formula is C11H13N3O6S2. The van der Waals surface area contributed by atoms with E-state index >= 15 is 0 Å². The summed E-state index contributed by atoms with van der Waals surface area (Å²) >= 11 is 4.08. The number of thiol groups is 1. The quantitative estimate of drug-likeness (QED) is 0.459. The number of carbonyl (C=O) groups is 1. The van der Waals surface area contributed by atoms with E-state index in [1.165, 1.54) is 24.3 Å². The van der Waals surface area contributed by atoms with Gasteiger partial charge in [0, 0.05) is 30.5 Å². The fraction of sp³-hybridized carbons (Fsp3) is 0.364. The average Bonchev–Trinajstić information content (AvgIpc) is 2.41. The summed E-state index contributed by atoms with van der Waals surface area (Å²) in [5.41, 5.74) is 0.410. The maximum Gasteiger partial charge on any atom is 0.422 e. The SMILES string of the molecule is O=C(NS(=O)(=O)N1CC(S)C1)OCc1ccc([N+](=O)[O-])cc1. The molecule has 1 saturated heterocycles. The summed E-state index contributed by atoms with van der Waals surface area (Å²) in [5, 5.41) is 10.5. The molecule has 1 N–H and O–H groups in total. The van der Waals surface area contributed by atoms with Crippen LogP contribution in [-0.2, 0) is 21.6 Å². The van der Waals surface area contributed by atoms with E-state index in [1.807, 2.05) is 0 Å². The third kappa shape index (κ3) is 4.08. The van der Waals surface area contributed by atoms with Gasteiger partial charge in [0.1, 0.15) is 6.61 Å². The number of amides is 1. The van der Waals surface area contributed by atoms with E-state index in [0.717, 1.165) is 4.31 Å². The van der Waals surface area contributed by atoms with Crippen molar-refractivity contribution in [3.63, 3.8) is 0 Å². The first-order chi connectivity index (χ1) is 10.3. The number of ether oxygens (including phenoxy) is 1. The zero-order chi connectivity index (χ0) is 16.3. The first-order valence-electron chi connectivity index (χ1n) is 6.14. The van der Waals surface area contributed by atoms with Crippen LogP contribution in [0.3, 0.4) is 0 Å². The van der Waals surface area contributed by atoms with Gasteiger partial charge in [-0.2, -0.15) is 25.4 Å². The van der Waals surface area contributed by atoms with Gasteiger partial charge in [0.15, 0.2) is 0 Å². The Morgan fingerprint density at radius 1 is 1.41 bits per heavy atom. The van der Waals surface area contributed by atoms with E-state index in [9.17, 15) is 23.3 Å². The summed E-state index contributed by atoms with van der Waals surface area (Å²) < 4.78 is 31.0. The second kappa shape index (κ2) is 6.50. The molecule has 120 valence electrons. The normalized spacial score (nSPS) is 15.9. The van der Waals surface area contributed by atoms with Crippen molar-refractivity contribution in [1.82, 2.24) is 9.03 Å². The first-order valence-corrected chi connectivity index (χ1v) is 8.09. The number of nitrogens with one attached hydrogen (secondary N) is 1. The second-order valence-corrected chi connectivity index (χ2v) is 6.98. The number of nitro groups is 1. The highest BCUT2D eigenvalue weighted by Gasteiger charge is 2.35. The molecule has 0 saturated carbocycles. The predicted molar refractivity (Wildman–Crippen MR) is 79.7 cm³/mol. The molecule has 0 bridgehead atoms. The van der Waals surface area contributed by atoms with Gasteiger partial charge in [0.2, 0.25) is 0 Å². The van der Waals surface area contributed by atoms with Crippen LogP contribution in [0.1, 0.15) is 5.56 Å². The van der Waals surface area contributed by atoms with E-state index in [4.69, 9.17) is 4.74 Å². The molecule has 2 rings (SSSR count). The van der Waals surface area contributed by atoms with Crippen LogP contribution in [0.2, 0.25) is 0 Å². The highest BCUT2D eigenvalue weighted by Crippen LogP contribution is 2.17. The maximum absolute atomic E-state index is 11.7. The number of hydrogen-bond acceptors (Lipinski definition) is 7. The Morgan fingerprint density at radius 2 is 2.00 bits per heavy atom. The molecule has 0 atom stereocenters. The Bertz CT molecular complexity index is 670. The van der Waals surface area contributed by atoms with Crippen LogP contribution < -0.4 is 4.72 Å². The minimum absolute atomic E-state index is 0.0345. The molecule has 22 heavy (non-hydrogen) atoms. The lowest BCUT2D eigenvalue weighted by atomic mass is 10.2. The van der Waals surface area contributed by atoms with Crippen molar-refractivity contribution in [2.75, 3.05) is 13.1 Å². The summed E-state index contributed by atoms with van der Waals surface area (Å²) in [7, 11) is -3.91. The summed E-state index contributed by atoms with van der Waals surface area (Å²) in [6.45, 7) is 0.261. The second-order valence-electron chi connectivity index (χ2n) is 4.58. The Labute approximate surface area is 132 Å². The monoisotopic (exact) mass is 347 g/mol. The number of nitrogens with zero attached hydrogens (tertiary/aromatic N) is 2. The molecule has 11 heteroatoms. The van der Waals surface area contributed by atoms with Crippen molar-refractivity contribution in [3.05, 3.63) is 39.9 Å². The summed E-state index contributed by atoms with van der Waals surface area (Å²) in [4.78, 5) is 21.4. The molecular weight excluding hydrogens is 334 g/mol. The molecule has 1 fully saturated rings. The van der Waals surface area contributed by atoms with Gasteiger partial charge in [-0.15, -0.1) is 0 Å². The van der Waals surface area contributed by atoms with E-state index in [-0.39, 0.29) is 30.6 Å². The van der Waals surface area contributed by atoms with Gasteiger partial charge in [0.05, 0.1) is 4.92 Å². The summed E-state index contributed by atoms with van der Waals surface area (Å²) in [6, 6.07) is 5.36. The number of hydrogen-bond donors (Lipinski definition) is 2. The third-order valence-corrected chi connectivity index (χ3v) is 4.63. The Hall–Kier alpha value is -1.85. The molecule has 1 aromatic carbocycles.